The second-order valence-electron chi connectivity index (χ2n) is 4.34. The number of amides is 2. The summed E-state index contributed by atoms with van der Waals surface area (Å²) in [5.74, 6) is 0. The topological polar surface area (TPSA) is 52.6 Å². The van der Waals surface area contributed by atoms with Crippen LogP contribution in [0.15, 0.2) is 6.07 Å². The summed E-state index contributed by atoms with van der Waals surface area (Å²) in [6, 6.07) is 1.99. The van der Waals surface area contributed by atoms with Gasteiger partial charge in [0.1, 0.15) is 0 Å². The fraction of sp³-hybridized carbons (Fsp3) is 0.615. The average Bonchev–Trinajstić information content (AvgIpc) is 2.65. The van der Waals surface area contributed by atoms with E-state index in [-0.39, 0.29) is 18.7 Å². The van der Waals surface area contributed by atoms with Crippen LogP contribution in [0.4, 0.5) is 4.79 Å². The largest absolute Gasteiger partial charge is 0.395 e. The Hall–Kier alpha value is -1.07. The third kappa shape index (κ3) is 3.71. The number of urea groups is 1. The Kier molecular flexibility index (Phi) is 5.62. The van der Waals surface area contributed by atoms with Crippen molar-refractivity contribution in [2.24, 2.45) is 0 Å². The summed E-state index contributed by atoms with van der Waals surface area (Å²) in [5.41, 5.74) is 1.17. The number of nitrogens with one attached hydrogen (secondary N) is 1. The molecule has 1 atom stereocenters. The van der Waals surface area contributed by atoms with Crippen LogP contribution in [0.2, 0.25) is 0 Å². The van der Waals surface area contributed by atoms with Crippen LogP contribution < -0.4 is 5.32 Å². The van der Waals surface area contributed by atoms with E-state index in [1.165, 1.54) is 15.3 Å². The van der Waals surface area contributed by atoms with Gasteiger partial charge in [-0.2, -0.15) is 0 Å². The number of rotatable bonds is 5. The molecule has 1 heterocycles. The third-order valence-electron chi connectivity index (χ3n) is 2.92. The second-order valence-corrected chi connectivity index (χ2v) is 5.80. The molecule has 0 aliphatic rings. The summed E-state index contributed by atoms with van der Waals surface area (Å²) in [7, 11) is 0. The number of carbonyl (C=O) groups excluding carboxylic acids is 1. The number of aliphatic hydroxyl groups is 1. The number of hydrogen-bond donors (Lipinski definition) is 2. The van der Waals surface area contributed by atoms with Gasteiger partial charge >= 0.3 is 6.03 Å². The molecule has 0 aliphatic heterocycles. The van der Waals surface area contributed by atoms with Gasteiger partial charge in [0.05, 0.1) is 12.6 Å². The van der Waals surface area contributed by atoms with E-state index in [4.69, 9.17) is 5.11 Å². The minimum absolute atomic E-state index is 0.00445. The van der Waals surface area contributed by atoms with E-state index in [9.17, 15) is 4.79 Å². The molecule has 0 radical (unpaired) electrons. The Morgan fingerprint density at radius 1 is 1.56 bits per heavy atom. The monoisotopic (exact) mass is 270 g/mol. The van der Waals surface area contributed by atoms with Gasteiger partial charge in [-0.3, -0.25) is 0 Å². The first kappa shape index (κ1) is 15.0. The summed E-state index contributed by atoms with van der Waals surface area (Å²) < 4.78 is 0. The van der Waals surface area contributed by atoms with Gasteiger partial charge in [0, 0.05) is 22.8 Å². The molecule has 102 valence electrons. The van der Waals surface area contributed by atoms with Crippen molar-refractivity contribution in [3.05, 3.63) is 21.4 Å². The molecule has 2 amide bonds. The fourth-order valence-electron chi connectivity index (χ4n) is 1.96. The number of aliphatic hydroxyl groups excluding tert-OH is 1. The predicted octanol–water partition coefficient (Wildman–Crippen LogP) is 2.45. The van der Waals surface area contributed by atoms with Gasteiger partial charge in [-0.05, 0) is 39.3 Å². The lowest BCUT2D eigenvalue weighted by atomic mass is 10.1. The smallest absolute Gasteiger partial charge is 0.317 e. The molecule has 1 aromatic rings. The van der Waals surface area contributed by atoms with Gasteiger partial charge in [-0.25, -0.2) is 4.79 Å². The fourth-order valence-corrected chi connectivity index (χ4v) is 2.98. The van der Waals surface area contributed by atoms with E-state index >= 15 is 0 Å². The van der Waals surface area contributed by atoms with Gasteiger partial charge in [-0.1, -0.05) is 0 Å². The van der Waals surface area contributed by atoms with Gasteiger partial charge in [0.2, 0.25) is 0 Å². The summed E-state index contributed by atoms with van der Waals surface area (Å²) in [6.07, 6.45) is 0. The number of hydrogen-bond acceptors (Lipinski definition) is 3. The van der Waals surface area contributed by atoms with Crippen LogP contribution in [0, 0.1) is 13.8 Å². The summed E-state index contributed by atoms with van der Waals surface area (Å²) in [4.78, 5) is 16.1. The highest BCUT2D eigenvalue weighted by molar-refractivity contribution is 7.12. The number of thiophene rings is 1. The van der Waals surface area contributed by atoms with E-state index in [1.807, 2.05) is 13.8 Å². The van der Waals surface area contributed by atoms with Crippen molar-refractivity contribution in [1.82, 2.24) is 10.2 Å². The van der Waals surface area contributed by atoms with Crippen molar-refractivity contribution in [2.45, 2.75) is 33.7 Å². The molecule has 0 spiro atoms. The molecular weight excluding hydrogens is 248 g/mol. The molecule has 0 saturated carbocycles. The van der Waals surface area contributed by atoms with Crippen molar-refractivity contribution in [1.29, 1.82) is 0 Å². The zero-order valence-electron chi connectivity index (χ0n) is 11.5. The first-order valence-corrected chi connectivity index (χ1v) is 7.04. The first-order valence-electron chi connectivity index (χ1n) is 6.22. The van der Waals surface area contributed by atoms with E-state index in [1.54, 1.807) is 16.2 Å². The van der Waals surface area contributed by atoms with Gasteiger partial charge in [0.25, 0.3) is 0 Å². The Bertz CT molecular complexity index is 404. The standard InChI is InChI=1S/C13H22N2O2S/c1-5-15(6-7-16)13(17)14-10(3)12-8-9(2)18-11(12)4/h8,10,16H,5-7H2,1-4H3,(H,14,17). The third-order valence-corrected chi connectivity index (χ3v) is 3.91. The van der Waals surface area contributed by atoms with Crippen molar-refractivity contribution in [3.63, 3.8) is 0 Å². The lowest BCUT2D eigenvalue weighted by Crippen LogP contribution is -2.42. The molecule has 1 aromatic heterocycles. The van der Waals surface area contributed by atoms with Crippen LogP contribution in [-0.2, 0) is 0 Å². The van der Waals surface area contributed by atoms with E-state index in [2.05, 4.69) is 25.2 Å². The minimum atomic E-state index is -0.123. The lowest BCUT2D eigenvalue weighted by molar-refractivity contribution is 0.178. The Balaban J connectivity index is 2.66. The summed E-state index contributed by atoms with van der Waals surface area (Å²) >= 11 is 1.74. The van der Waals surface area contributed by atoms with E-state index in [0.29, 0.717) is 13.1 Å². The molecule has 1 rings (SSSR count). The molecular formula is C13H22N2O2S. The summed E-state index contributed by atoms with van der Waals surface area (Å²) in [6.45, 7) is 8.99. The zero-order valence-corrected chi connectivity index (χ0v) is 12.3. The van der Waals surface area contributed by atoms with Gasteiger partial charge < -0.3 is 15.3 Å². The quantitative estimate of drug-likeness (QED) is 0.863. The second kappa shape index (κ2) is 6.75. The SMILES string of the molecule is CCN(CCO)C(=O)NC(C)c1cc(C)sc1C. The maximum atomic E-state index is 12.0. The molecule has 0 aromatic carbocycles. The van der Waals surface area contributed by atoms with Crippen LogP contribution in [0.25, 0.3) is 0 Å². The molecule has 5 heteroatoms. The Labute approximate surface area is 113 Å². The van der Waals surface area contributed by atoms with E-state index in [0.717, 1.165) is 0 Å². The zero-order chi connectivity index (χ0) is 13.7. The highest BCUT2D eigenvalue weighted by Gasteiger charge is 2.17. The van der Waals surface area contributed by atoms with Gasteiger partial charge in [-0.15, -0.1) is 11.3 Å². The Morgan fingerprint density at radius 3 is 2.67 bits per heavy atom. The lowest BCUT2D eigenvalue weighted by Gasteiger charge is -2.23. The van der Waals surface area contributed by atoms with Crippen LogP contribution in [0.3, 0.4) is 0 Å². The molecule has 0 aliphatic carbocycles. The van der Waals surface area contributed by atoms with Gasteiger partial charge in [0.15, 0.2) is 0 Å². The molecule has 0 bridgehead atoms. The van der Waals surface area contributed by atoms with Crippen molar-refractivity contribution in [2.75, 3.05) is 19.7 Å². The first-order chi connectivity index (χ1) is 8.49. The summed E-state index contributed by atoms with van der Waals surface area (Å²) in [5, 5.41) is 11.9. The molecule has 1 unspecified atom stereocenters. The number of nitrogens with zero attached hydrogens (tertiary/aromatic N) is 1. The van der Waals surface area contributed by atoms with Crippen LogP contribution in [-0.4, -0.2) is 35.7 Å². The number of aryl methyl sites for hydroxylation is 2. The number of likely N-dealkylation sites (N-methyl/N-ethyl adjacent to an activating group) is 1. The van der Waals surface area contributed by atoms with Crippen molar-refractivity contribution < 1.29 is 9.90 Å². The maximum Gasteiger partial charge on any atom is 0.317 e. The minimum Gasteiger partial charge on any atom is -0.395 e. The van der Waals surface area contributed by atoms with E-state index < -0.39 is 0 Å². The van der Waals surface area contributed by atoms with Crippen molar-refractivity contribution >= 4 is 17.4 Å². The van der Waals surface area contributed by atoms with Crippen LogP contribution >= 0.6 is 11.3 Å². The van der Waals surface area contributed by atoms with Crippen molar-refractivity contribution in [3.8, 4) is 0 Å². The average molecular weight is 270 g/mol. The molecule has 4 nitrogen and oxygen atoms in total. The highest BCUT2D eigenvalue weighted by atomic mass is 32.1. The molecule has 2 N–H and O–H groups in total. The molecule has 18 heavy (non-hydrogen) atoms. The molecule has 0 fully saturated rings. The normalized spacial score (nSPS) is 12.3. The Morgan fingerprint density at radius 2 is 2.22 bits per heavy atom. The predicted molar refractivity (Wildman–Crippen MR) is 75.1 cm³/mol. The van der Waals surface area contributed by atoms with Crippen LogP contribution in [0.1, 0.15) is 35.2 Å². The van der Waals surface area contributed by atoms with Crippen LogP contribution in [0.5, 0.6) is 0 Å². The maximum absolute atomic E-state index is 12.0. The molecule has 0 saturated heterocycles. The highest BCUT2D eigenvalue weighted by Crippen LogP contribution is 2.26. The number of carbonyl (C=O) groups is 1.